The highest BCUT2D eigenvalue weighted by Crippen LogP contribution is 2.40. The molecule has 0 bridgehead atoms. The summed E-state index contributed by atoms with van der Waals surface area (Å²) in [6, 6.07) is 3.16. The molecule has 0 amide bonds. The van der Waals surface area contributed by atoms with E-state index in [1.54, 1.807) is 6.07 Å². The average Bonchev–Trinajstić information content (AvgIpc) is 3.02. The summed E-state index contributed by atoms with van der Waals surface area (Å²) in [6.45, 7) is 3.97. The normalized spacial score (nSPS) is 18.2. The molecule has 0 saturated heterocycles. The maximum Gasteiger partial charge on any atom is 0.573 e. The summed E-state index contributed by atoms with van der Waals surface area (Å²) < 4.78 is 42.3. The maximum absolute atomic E-state index is 12.8. The molecule has 1 aromatic carbocycles. The van der Waals surface area contributed by atoms with Crippen LogP contribution in [-0.4, -0.2) is 22.6 Å². The first-order valence-corrected chi connectivity index (χ1v) is 9.72. The quantitative estimate of drug-likeness (QED) is 0.425. The van der Waals surface area contributed by atoms with Gasteiger partial charge in [0.2, 0.25) is 5.75 Å². The van der Waals surface area contributed by atoms with Crippen molar-refractivity contribution in [1.29, 1.82) is 0 Å². The van der Waals surface area contributed by atoms with Gasteiger partial charge in [-0.1, -0.05) is 26.2 Å². The summed E-state index contributed by atoms with van der Waals surface area (Å²) in [5.41, 5.74) is 8.79. The van der Waals surface area contributed by atoms with E-state index in [4.69, 9.17) is 5.73 Å². The average molecular weight is 423 g/mol. The van der Waals surface area contributed by atoms with Crippen molar-refractivity contribution in [3.05, 3.63) is 35.2 Å². The monoisotopic (exact) mass is 423 g/mol. The maximum atomic E-state index is 12.8. The fourth-order valence-corrected chi connectivity index (χ4v) is 3.77. The molecule has 0 saturated carbocycles. The zero-order valence-electron chi connectivity index (χ0n) is 16.7. The summed E-state index contributed by atoms with van der Waals surface area (Å²) >= 11 is 0. The van der Waals surface area contributed by atoms with E-state index < -0.39 is 24.0 Å². The number of hydrogen-bond donors (Lipinski definition) is 3. The summed E-state index contributed by atoms with van der Waals surface area (Å²) in [6.07, 6.45) is 1.01. The number of hydrogen-bond acceptors (Lipinski definition) is 7. The van der Waals surface area contributed by atoms with Crippen molar-refractivity contribution in [2.45, 2.75) is 58.0 Å². The van der Waals surface area contributed by atoms with Crippen LogP contribution in [0.3, 0.4) is 0 Å². The highest BCUT2D eigenvalue weighted by molar-refractivity contribution is 5.72. The Bertz CT molecular complexity index is 920. The summed E-state index contributed by atoms with van der Waals surface area (Å²) in [7, 11) is 0. The Morgan fingerprint density at radius 3 is 2.73 bits per heavy atom. The lowest BCUT2D eigenvalue weighted by Gasteiger charge is -2.17. The Kier molecular flexibility index (Phi) is 6.45. The molecule has 1 aliphatic rings. The number of alkyl halides is 3. The van der Waals surface area contributed by atoms with Crippen LogP contribution < -0.4 is 21.1 Å². The molecule has 0 radical (unpaired) electrons. The van der Waals surface area contributed by atoms with Crippen LogP contribution in [0.25, 0.3) is 0 Å². The summed E-state index contributed by atoms with van der Waals surface area (Å²) in [5.74, 6) is -1.31. The van der Waals surface area contributed by atoms with Crippen LogP contribution in [0.4, 0.5) is 30.5 Å². The van der Waals surface area contributed by atoms with Crippen molar-refractivity contribution in [1.82, 2.24) is 15.3 Å². The number of ether oxygens (including phenoxy) is 1. The Labute approximate surface area is 172 Å². The van der Waals surface area contributed by atoms with Gasteiger partial charge in [0.25, 0.3) is 0 Å². The van der Waals surface area contributed by atoms with Gasteiger partial charge >= 0.3 is 6.36 Å². The Balaban J connectivity index is 1.94. The third kappa shape index (κ3) is 4.81. The number of nitrogen functional groups attached to an aromatic ring is 1. The molecule has 1 aromatic heterocycles. The van der Waals surface area contributed by atoms with E-state index in [0.29, 0.717) is 5.69 Å². The van der Waals surface area contributed by atoms with E-state index in [9.17, 15) is 18.0 Å². The van der Waals surface area contributed by atoms with Gasteiger partial charge in [0, 0.05) is 11.7 Å². The van der Waals surface area contributed by atoms with Gasteiger partial charge < -0.3 is 20.6 Å². The molecule has 162 valence electrons. The van der Waals surface area contributed by atoms with Gasteiger partial charge in [-0.15, -0.1) is 13.2 Å². The van der Waals surface area contributed by atoms with Gasteiger partial charge in [0.1, 0.15) is 12.6 Å². The number of fused-ring (bicyclic) bond motifs is 1. The van der Waals surface area contributed by atoms with E-state index in [-0.39, 0.29) is 11.9 Å². The Morgan fingerprint density at radius 2 is 2.07 bits per heavy atom. The molecule has 7 nitrogen and oxygen atoms in total. The number of nitrogens with zero attached hydrogens (tertiary/aromatic N) is 2. The number of carbonyl (C=O) groups is 1. The minimum absolute atomic E-state index is 0.0106. The number of aldehydes is 1. The molecule has 2 unspecified atom stereocenters. The minimum Gasteiger partial charge on any atom is -0.398 e. The predicted octanol–water partition coefficient (Wildman–Crippen LogP) is 4.47. The molecule has 30 heavy (non-hydrogen) atoms. The highest BCUT2D eigenvalue weighted by Gasteiger charge is 2.35. The van der Waals surface area contributed by atoms with E-state index in [1.807, 2.05) is 13.0 Å². The first kappa shape index (κ1) is 21.8. The zero-order chi connectivity index (χ0) is 21.9. The number of carbonyl (C=O) groups excluding carboxylic acids is 1. The van der Waals surface area contributed by atoms with E-state index >= 15 is 0 Å². The van der Waals surface area contributed by atoms with Crippen molar-refractivity contribution in [2.75, 3.05) is 11.1 Å². The van der Waals surface area contributed by atoms with E-state index in [1.165, 1.54) is 0 Å². The lowest BCUT2D eigenvalue weighted by Crippen LogP contribution is -2.19. The number of nitrogens with one attached hydrogen (secondary N) is 2. The molecule has 1 aliphatic heterocycles. The van der Waals surface area contributed by atoms with Gasteiger partial charge in [-0.05, 0) is 42.2 Å². The number of benzene rings is 1. The molecular formula is C20H24F3N5O2. The van der Waals surface area contributed by atoms with Crippen molar-refractivity contribution >= 4 is 23.6 Å². The lowest BCUT2D eigenvalue weighted by atomic mass is 9.94. The number of unbranched alkanes of at least 4 members (excludes halogenated alkanes) is 2. The van der Waals surface area contributed by atoms with Crippen molar-refractivity contribution < 1.29 is 22.7 Å². The molecule has 10 heteroatoms. The van der Waals surface area contributed by atoms with E-state index in [0.717, 1.165) is 55.0 Å². The van der Waals surface area contributed by atoms with Crippen molar-refractivity contribution in [2.24, 2.45) is 0 Å². The molecule has 2 aromatic rings. The summed E-state index contributed by atoms with van der Waals surface area (Å²) in [4.78, 5) is 19.0. The molecule has 3 rings (SSSR count). The second-order valence-electron chi connectivity index (χ2n) is 7.23. The van der Waals surface area contributed by atoms with Crippen LogP contribution in [0.2, 0.25) is 0 Å². The van der Waals surface area contributed by atoms with Gasteiger partial charge in [-0.25, -0.2) is 9.97 Å². The van der Waals surface area contributed by atoms with Crippen LogP contribution in [0.15, 0.2) is 18.5 Å². The molecule has 0 aliphatic carbocycles. The molecule has 2 heterocycles. The third-order valence-electron chi connectivity index (χ3n) is 5.03. The number of aromatic nitrogens is 2. The Hall–Kier alpha value is -2.88. The van der Waals surface area contributed by atoms with Gasteiger partial charge in [-0.2, -0.15) is 0 Å². The van der Waals surface area contributed by atoms with Crippen LogP contribution in [0.1, 0.15) is 61.4 Å². The number of aryl methyl sites for hydroxylation is 1. The third-order valence-corrected chi connectivity index (χ3v) is 5.03. The molecule has 0 spiro atoms. The van der Waals surface area contributed by atoms with Crippen LogP contribution in [0.5, 0.6) is 5.75 Å². The van der Waals surface area contributed by atoms with Gasteiger partial charge in [-0.3, -0.25) is 5.32 Å². The topological polar surface area (TPSA) is 102 Å². The fraction of sp³-hybridized carbons (Fsp3) is 0.450. The zero-order valence-corrected chi connectivity index (χ0v) is 16.7. The van der Waals surface area contributed by atoms with Gasteiger partial charge in [0.05, 0.1) is 6.04 Å². The largest absolute Gasteiger partial charge is 0.573 e. The second-order valence-corrected chi connectivity index (χ2v) is 7.23. The first-order chi connectivity index (χ1) is 14.2. The van der Waals surface area contributed by atoms with Gasteiger partial charge in [0.15, 0.2) is 11.6 Å². The van der Waals surface area contributed by atoms with Crippen LogP contribution in [0, 0.1) is 6.92 Å². The minimum atomic E-state index is -4.94. The molecular weight excluding hydrogens is 399 g/mol. The van der Waals surface area contributed by atoms with Crippen molar-refractivity contribution in [3.8, 4) is 5.75 Å². The molecule has 0 fully saturated rings. The smallest absolute Gasteiger partial charge is 0.398 e. The first-order valence-electron chi connectivity index (χ1n) is 9.72. The fourth-order valence-electron chi connectivity index (χ4n) is 3.77. The summed E-state index contributed by atoms with van der Waals surface area (Å²) in [5, 5.41) is 6.19. The number of nitrogens with two attached hydrogens (primary N) is 1. The highest BCUT2D eigenvalue weighted by atomic mass is 19.4. The number of anilines is 3. The van der Waals surface area contributed by atoms with Crippen molar-refractivity contribution in [3.63, 3.8) is 0 Å². The second kappa shape index (κ2) is 8.86. The SMILES string of the molecule is CCCCCC1NC(C=O)c2c(C)cc(Nc3ncnc(N)c3OC(F)(F)F)cc21. The standard InChI is InChI=1S/C20H24F3N5O2/c1-3-4-5-6-14-13-8-12(7-11(2)16(13)15(9-29)28-14)27-19-17(30-20(21,22)23)18(24)25-10-26-19/h7-10,14-15,28H,3-6H2,1-2H3,(H3,24,25,26,27). The van der Waals surface area contributed by atoms with Crippen LogP contribution in [-0.2, 0) is 4.79 Å². The lowest BCUT2D eigenvalue weighted by molar-refractivity contribution is -0.274. The molecule has 4 N–H and O–H groups in total. The number of halogens is 3. The Morgan fingerprint density at radius 1 is 1.30 bits per heavy atom. The van der Waals surface area contributed by atoms with E-state index in [2.05, 4.69) is 32.3 Å². The predicted molar refractivity (Wildman–Crippen MR) is 106 cm³/mol. The number of rotatable bonds is 8. The van der Waals surface area contributed by atoms with Crippen LogP contribution >= 0.6 is 0 Å². The molecule has 2 atom stereocenters.